The van der Waals surface area contributed by atoms with Crippen molar-refractivity contribution in [3.8, 4) is 33.6 Å². The number of fused-ring (bicyclic) bond motifs is 5. The summed E-state index contributed by atoms with van der Waals surface area (Å²) in [6.07, 6.45) is 6.92. The van der Waals surface area contributed by atoms with Gasteiger partial charge in [0.25, 0.3) is 0 Å². The first-order valence-corrected chi connectivity index (χ1v) is 21.4. The zero-order valence-corrected chi connectivity index (χ0v) is 40.8. The normalized spacial score (nSPS) is 12.1. The molecule has 8 aromatic rings. The number of rotatable bonds is 6. The predicted molar refractivity (Wildman–Crippen MR) is 253 cm³/mol. The van der Waals surface area contributed by atoms with Gasteiger partial charge in [0.2, 0.25) is 0 Å². The van der Waals surface area contributed by atoms with Gasteiger partial charge < -0.3 is 14.4 Å². The Morgan fingerprint density at radius 3 is 1.89 bits per heavy atom. The van der Waals surface area contributed by atoms with Gasteiger partial charge in [-0.15, -0.1) is 47.5 Å². The summed E-state index contributed by atoms with van der Waals surface area (Å²) >= 11 is 0. The number of furan rings is 1. The van der Waals surface area contributed by atoms with Crippen LogP contribution in [0.5, 0.6) is 0 Å². The topological polar surface area (TPSA) is 51.8 Å². The van der Waals surface area contributed by atoms with Crippen molar-refractivity contribution in [1.82, 2.24) is 15.0 Å². The molecule has 0 aliphatic rings. The first-order valence-electron chi connectivity index (χ1n) is 21.4. The first-order chi connectivity index (χ1) is 28.2. The summed E-state index contributed by atoms with van der Waals surface area (Å²) in [5.41, 5.74) is 18.3. The largest absolute Gasteiger partial charge is 0.498 e. The van der Waals surface area contributed by atoms with E-state index in [0.717, 1.165) is 80.3 Å². The second-order valence-corrected chi connectivity index (χ2v) is 20.5. The Morgan fingerprint density at radius 2 is 1.21 bits per heavy atom. The molecule has 0 N–H and O–H groups in total. The van der Waals surface area contributed by atoms with Crippen molar-refractivity contribution in [2.24, 2.45) is 16.2 Å². The van der Waals surface area contributed by atoms with Crippen LogP contribution in [0, 0.1) is 56.1 Å². The third-order valence-electron chi connectivity index (χ3n) is 11.0. The zero-order valence-electron chi connectivity index (χ0n) is 38.4. The maximum atomic E-state index is 6.57. The quantitative estimate of drug-likeness (QED) is 0.156. The van der Waals surface area contributed by atoms with Crippen molar-refractivity contribution < 1.29 is 24.5 Å². The smallest absolute Gasteiger partial charge is 0.147 e. The molecule has 0 saturated carbocycles. The van der Waals surface area contributed by atoms with Gasteiger partial charge in [-0.2, -0.15) is 0 Å². The molecule has 8 rings (SSSR count). The monoisotopic (exact) mass is 984 g/mol. The standard InChI is InChI=1S/C31H33N2O.C25H28N.Ir/c1-19-18-32-26(15-21(19)16-30(2,3)4)25-10-8-9-23-24-14-12-20-11-13-22(17-31(5,6)7)33-27(20)29(24)34-28(23)25;1-17-7-10-22(24-13-18(2)19(3)16-26-24)14-23(17)21-11-8-20(9-12-21)15-25(4,5)6;/h8-9,11-15,18H,16-17H2,1-7H3;7-9,11-14,16H,15H2,1-6H3;/q2*-1;. The van der Waals surface area contributed by atoms with E-state index in [9.17, 15) is 0 Å². The molecular weight excluding hydrogens is 923 g/mol. The predicted octanol–water partition coefficient (Wildman–Crippen LogP) is 15.2. The summed E-state index contributed by atoms with van der Waals surface area (Å²) in [4.78, 5) is 14.4. The summed E-state index contributed by atoms with van der Waals surface area (Å²) in [6.45, 7) is 28.9. The SMILES string of the molecule is Cc1cnc(-c2[c-]cc(C)c(-c3ccc(CC(C)(C)C)cc3)c2)cc1C.Cc1cnc(-c2[c-]ccc3c2oc2c3ccc3ccc(CC(C)(C)C)nc32)cc1CC(C)(C)C.[Ir]. The molecule has 4 heterocycles. The fourth-order valence-corrected chi connectivity index (χ4v) is 7.93. The average molecular weight is 984 g/mol. The molecule has 0 unspecified atom stereocenters. The molecule has 0 fully saturated rings. The van der Waals surface area contributed by atoms with E-state index in [1.165, 1.54) is 44.5 Å². The van der Waals surface area contributed by atoms with Crippen LogP contribution in [-0.2, 0) is 39.4 Å². The van der Waals surface area contributed by atoms with Crippen LogP contribution in [-0.4, -0.2) is 15.0 Å². The summed E-state index contributed by atoms with van der Waals surface area (Å²) in [5.74, 6) is 0. The summed E-state index contributed by atoms with van der Waals surface area (Å²) in [6, 6.07) is 37.1. The van der Waals surface area contributed by atoms with Gasteiger partial charge in [0.05, 0.1) is 5.58 Å². The van der Waals surface area contributed by atoms with Gasteiger partial charge >= 0.3 is 0 Å². The maximum Gasteiger partial charge on any atom is 0.147 e. The Balaban J connectivity index is 0.000000208. The van der Waals surface area contributed by atoms with E-state index in [2.05, 4.69) is 186 Å². The van der Waals surface area contributed by atoms with Crippen LogP contribution >= 0.6 is 0 Å². The van der Waals surface area contributed by atoms with Crippen molar-refractivity contribution in [2.45, 2.75) is 109 Å². The molecular formula is C56H61IrN3O-2. The molecule has 0 bridgehead atoms. The van der Waals surface area contributed by atoms with Crippen molar-refractivity contribution >= 4 is 32.8 Å². The Hall–Kier alpha value is -4.96. The zero-order chi connectivity index (χ0) is 43.1. The van der Waals surface area contributed by atoms with E-state index in [1.54, 1.807) is 0 Å². The molecule has 317 valence electrons. The second kappa shape index (κ2) is 17.8. The summed E-state index contributed by atoms with van der Waals surface area (Å²) in [5, 5.41) is 3.25. The van der Waals surface area contributed by atoms with E-state index in [4.69, 9.17) is 14.4 Å². The van der Waals surface area contributed by atoms with Crippen molar-refractivity contribution in [3.63, 3.8) is 0 Å². The Morgan fingerprint density at radius 1 is 0.574 bits per heavy atom. The fourth-order valence-electron chi connectivity index (χ4n) is 7.93. The van der Waals surface area contributed by atoms with Crippen LogP contribution in [0.4, 0.5) is 0 Å². The van der Waals surface area contributed by atoms with Gasteiger partial charge in [-0.1, -0.05) is 151 Å². The van der Waals surface area contributed by atoms with Crippen molar-refractivity contribution in [3.05, 3.63) is 149 Å². The Kier molecular flexibility index (Phi) is 13.3. The third kappa shape index (κ3) is 10.9. The number of nitrogens with zero attached hydrogens (tertiary/aromatic N) is 3. The van der Waals surface area contributed by atoms with Gasteiger partial charge in [-0.05, 0) is 96.0 Å². The van der Waals surface area contributed by atoms with Crippen molar-refractivity contribution in [2.75, 3.05) is 0 Å². The maximum absolute atomic E-state index is 6.57. The van der Waals surface area contributed by atoms with Gasteiger partial charge in [-0.25, -0.2) is 4.98 Å². The molecule has 0 aliphatic heterocycles. The number of hydrogen-bond donors (Lipinski definition) is 0. The minimum atomic E-state index is 0. The van der Waals surface area contributed by atoms with E-state index in [0.29, 0.717) is 5.41 Å². The van der Waals surface area contributed by atoms with E-state index >= 15 is 0 Å². The Labute approximate surface area is 378 Å². The molecule has 0 amide bonds. The van der Waals surface area contributed by atoms with Crippen LogP contribution in [0.2, 0.25) is 0 Å². The number of aromatic nitrogens is 3. The summed E-state index contributed by atoms with van der Waals surface area (Å²) in [7, 11) is 0. The molecule has 5 heteroatoms. The number of pyridine rings is 3. The van der Waals surface area contributed by atoms with Gasteiger partial charge in [0, 0.05) is 49.0 Å². The van der Waals surface area contributed by atoms with E-state index < -0.39 is 0 Å². The fraction of sp³-hybridized carbons (Fsp3) is 0.339. The van der Waals surface area contributed by atoms with Crippen LogP contribution in [0.3, 0.4) is 0 Å². The van der Waals surface area contributed by atoms with Gasteiger partial charge in [-0.3, -0.25) is 0 Å². The molecule has 4 aromatic carbocycles. The van der Waals surface area contributed by atoms with Gasteiger partial charge in [0.15, 0.2) is 0 Å². The molecule has 4 nitrogen and oxygen atoms in total. The summed E-state index contributed by atoms with van der Waals surface area (Å²) < 4.78 is 6.57. The van der Waals surface area contributed by atoms with Crippen molar-refractivity contribution in [1.29, 1.82) is 0 Å². The van der Waals surface area contributed by atoms with E-state index in [1.807, 2.05) is 18.5 Å². The molecule has 0 atom stereocenters. The number of hydrogen-bond acceptors (Lipinski definition) is 4. The molecule has 4 aromatic heterocycles. The minimum Gasteiger partial charge on any atom is -0.498 e. The van der Waals surface area contributed by atoms with Crippen LogP contribution < -0.4 is 0 Å². The van der Waals surface area contributed by atoms with Crippen LogP contribution in [0.15, 0.2) is 102 Å². The van der Waals surface area contributed by atoms with Gasteiger partial charge in [0.1, 0.15) is 11.1 Å². The number of aryl methyl sites for hydroxylation is 4. The minimum absolute atomic E-state index is 0. The average Bonchev–Trinajstić information content (AvgIpc) is 3.56. The molecule has 61 heavy (non-hydrogen) atoms. The molecule has 0 spiro atoms. The molecule has 1 radical (unpaired) electrons. The van der Waals surface area contributed by atoms with Crippen LogP contribution in [0.1, 0.15) is 101 Å². The van der Waals surface area contributed by atoms with E-state index in [-0.39, 0.29) is 30.9 Å². The van der Waals surface area contributed by atoms with Crippen LogP contribution in [0.25, 0.3) is 66.5 Å². The Bertz CT molecular complexity index is 2830. The molecule has 0 saturated heterocycles. The molecule has 0 aliphatic carbocycles. The first kappa shape index (κ1) is 45.6. The number of benzene rings is 4. The third-order valence-corrected chi connectivity index (χ3v) is 11.0. The second-order valence-electron chi connectivity index (χ2n) is 20.5.